The van der Waals surface area contributed by atoms with Gasteiger partial charge in [0, 0.05) is 6.54 Å². The summed E-state index contributed by atoms with van der Waals surface area (Å²) in [6, 6.07) is 2.85. The molecule has 0 aliphatic carbocycles. The van der Waals surface area contributed by atoms with Gasteiger partial charge in [0.05, 0.1) is 5.75 Å². The standard InChI is InChI=1S/C13H15F2NO4S/c1-13(11(18)19)5-2-6-16(13)10(17)9-4-3-8(20-9)7-21-12(14)15/h3-4,12H,2,5-7H2,1H3,(H,18,19). The average molecular weight is 319 g/mol. The maximum atomic E-state index is 12.3. The van der Waals surface area contributed by atoms with E-state index in [-0.39, 0.29) is 17.3 Å². The maximum absolute atomic E-state index is 12.3. The van der Waals surface area contributed by atoms with Crippen LogP contribution in [0.4, 0.5) is 8.78 Å². The lowest BCUT2D eigenvalue weighted by molar-refractivity contribution is -0.147. The van der Waals surface area contributed by atoms with Crippen LogP contribution in [0.1, 0.15) is 36.1 Å². The van der Waals surface area contributed by atoms with Crippen molar-refractivity contribution in [2.45, 2.75) is 36.8 Å². The summed E-state index contributed by atoms with van der Waals surface area (Å²) in [7, 11) is 0. The van der Waals surface area contributed by atoms with Crippen LogP contribution in [0, 0.1) is 0 Å². The molecule has 1 atom stereocenters. The Labute approximate surface area is 124 Å². The molecule has 2 heterocycles. The third kappa shape index (κ3) is 3.20. The minimum absolute atomic E-state index is 0.0192. The van der Waals surface area contributed by atoms with Gasteiger partial charge in [-0.25, -0.2) is 4.79 Å². The molecule has 0 saturated carbocycles. The highest BCUT2D eigenvalue weighted by Crippen LogP contribution is 2.31. The first-order valence-corrected chi connectivity index (χ1v) is 7.43. The van der Waals surface area contributed by atoms with Gasteiger partial charge >= 0.3 is 5.97 Å². The molecule has 0 radical (unpaired) electrons. The van der Waals surface area contributed by atoms with Crippen LogP contribution in [0.2, 0.25) is 0 Å². The largest absolute Gasteiger partial charge is 0.480 e. The zero-order valence-corrected chi connectivity index (χ0v) is 12.2. The van der Waals surface area contributed by atoms with E-state index in [1.165, 1.54) is 24.0 Å². The van der Waals surface area contributed by atoms with E-state index < -0.39 is 23.2 Å². The molecule has 0 bridgehead atoms. The third-order valence-corrected chi connectivity index (χ3v) is 4.27. The highest BCUT2D eigenvalue weighted by Gasteiger charge is 2.46. The zero-order valence-electron chi connectivity index (χ0n) is 11.3. The molecular formula is C13H15F2NO4S. The van der Waals surface area contributed by atoms with E-state index in [9.17, 15) is 23.5 Å². The summed E-state index contributed by atoms with van der Waals surface area (Å²) in [5.41, 5.74) is -1.25. The number of amides is 1. The number of alkyl halides is 2. The first-order valence-electron chi connectivity index (χ1n) is 6.38. The van der Waals surface area contributed by atoms with Crippen molar-refractivity contribution in [2.75, 3.05) is 6.54 Å². The number of carbonyl (C=O) groups is 2. The first-order chi connectivity index (χ1) is 9.84. The minimum Gasteiger partial charge on any atom is -0.480 e. The van der Waals surface area contributed by atoms with E-state index in [0.717, 1.165) is 0 Å². The number of carboxylic acid groups (broad SMARTS) is 1. The van der Waals surface area contributed by atoms with E-state index >= 15 is 0 Å². The van der Waals surface area contributed by atoms with Gasteiger partial charge in [-0.2, -0.15) is 8.78 Å². The molecule has 0 spiro atoms. The van der Waals surface area contributed by atoms with Gasteiger partial charge < -0.3 is 14.4 Å². The Balaban J connectivity index is 2.11. The number of rotatable bonds is 5. The fraction of sp³-hybridized carbons (Fsp3) is 0.538. The van der Waals surface area contributed by atoms with Gasteiger partial charge in [0.2, 0.25) is 0 Å². The van der Waals surface area contributed by atoms with Crippen LogP contribution in [0.5, 0.6) is 0 Å². The van der Waals surface area contributed by atoms with E-state index in [1.54, 1.807) is 0 Å². The summed E-state index contributed by atoms with van der Waals surface area (Å²) in [5.74, 6) is -3.89. The van der Waals surface area contributed by atoms with Gasteiger partial charge in [0.15, 0.2) is 5.76 Å². The van der Waals surface area contributed by atoms with Crippen molar-refractivity contribution in [3.05, 3.63) is 23.7 Å². The number of halogens is 2. The van der Waals surface area contributed by atoms with Crippen LogP contribution in [0.3, 0.4) is 0 Å². The Bertz CT molecular complexity index is 548. The molecule has 0 aromatic carbocycles. The fourth-order valence-corrected chi connectivity index (χ4v) is 2.81. The number of nitrogens with zero attached hydrogens (tertiary/aromatic N) is 1. The molecule has 116 valence electrons. The van der Waals surface area contributed by atoms with Crippen molar-refractivity contribution in [1.82, 2.24) is 4.90 Å². The number of carbonyl (C=O) groups excluding carboxylic acids is 1. The van der Waals surface area contributed by atoms with Crippen molar-refractivity contribution in [2.24, 2.45) is 0 Å². The van der Waals surface area contributed by atoms with Crippen molar-refractivity contribution in [3.8, 4) is 0 Å². The molecule has 21 heavy (non-hydrogen) atoms. The fourth-order valence-electron chi connectivity index (χ4n) is 2.36. The number of carboxylic acids is 1. The van der Waals surface area contributed by atoms with Crippen LogP contribution in [-0.2, 0) is 10.5 Å². The molecule has 1 aliphatic heterocycles. The summed E-state index contributed by atoms with van der Waals surface area (Å²) in [4.78, 5) is 24.9. The SMILES string of the molecule is CC1(C(=O)O)CCCN1C(=O)c1ccc(CSC(F)F)o1. The van der Waals surface area contributed by atoms with Gasteiger partial charge in [0.1, 0.15) is 11.3 Å². The highest BCUT2D eigenvalue weighted by atomic mass is 32.2. The van der Waals surface area contributed by atoms with Crippen molar-refractivity contribution in [3.63, 3.8) is 0 Å². The van der Waals surface area contributed by atoms with Crippen molar-refractivity contribution >= 4 is 23.6 Å². The minimum atomic E-state index is -2.51. The number of hydrogen-bond acceptors (Lipinski definition) is 4. The topological polar surface area (TPSA) is 70.8 Å². The predicted molar refractivity (Wildman–Crippen MR) is 72.3 cm³/mol. The van der Waals surface area contributed by atoms with Gasteiger partial charge in [-0.15, -0.1) is 0 Å². The summed E-state index contributed by atoms with van der Waals surface area (Å²) in [5, 5.41) is 9.28. The second-order valence-electron chi connectivity index (χ2n) is 4.98. The Kier molecular flexibility index (Phi) is 4.55. The Hall–Kier alpha value is -1.57. The van der Waals surface area contributed by atoms with Crippen LogP contribution in [-0.4, -0.2) is 39.7 Å². The smallest absolute Gasteiger partial charge is 0.329 e. The molecular weight excluding hydrogens is 304 g/mol. The number of furan rings is 1. The average Bonchev–Trinajstić information content (AvgIpc) is 3.03. The zero-order chi connectivity index (χ0) is 15.6. The Morgan fingerprint density at radius 1 is 1.52 bits per heavy atom. The number of likely N-dealkylation sites (tertiary alicyclic amines) is 1. The second-order valence-corrected chi connectivity index (χ2v) is 5.96. The van der Waals surface area contributed by atoms with Gasteiger partial charge in [0.25, 0.3) is 11.7 Å². The molecule has 1 unspecified atom stereocenters. The van der Waals surface area contributed by atoms with Crippen LogP contribution < -0.4 is 0 Å². The summed E-state index contributed by atoms with van der Waals surface area (Å²) >= 11 is 0.400. The molecule has 1 fully saturated rings. The molecule has 8 heteroatoms. The summed E-state index contributed by atoms with van der Waals surface area (Å²) < 4.78 is 29.4. The Morgan fingerprint density at radius 3 is 2.86 bits per heavy atom. The Morgan fingerprint density at radius 2 is 2.24 bits per heavy atom. The second kappa shape index (κ2) is 6.05. The number of hydrogen-bond donors (Lipinski definition) is 1. The van der Waals surface area contributed by atoms with Gasteiger partial charge in [-0.05, 0) is 31.9 Å². The maximum Gasteiger partial charge on any atom is 0.329 e. The van der Waals surface area contributed by atoms with Crippen LogP contribution >= 0.6 is 11.8 Å². The quantitative estimate of drug-likeness (QED) is 0.903. The highest BCUT2D eigenvalue weighted by molar-refractivity contribution is 7.98. The lowest BCUT2D eigenvalue weighted by atomic mass is 9.99. The van der Waals surface area contributed by atoms with E-state index in [1.807, 2.05) is 0 Å². The van der Waals surface area contributed by atoms with Gasteiger partial charge in [-0.3, -0.25) is 4.79 Å². The van der Waals surface area contributed by atoms with Gasteiger partial charge in [-0.1, -0.05) is 11.8 Å². The van der Waals surface area contributed by atoms with Crippen LogP contribution in [0.15, 0.2) is 16.5 Å². The lowest BCUT2D eigenvalue weighted by Gasteiger charge is -2.30. The molecule has 2 rings (SSSR count). The van der Waals surface area contributed by atoms with Crippen molar-refractivity contribution < 1.29 is 27.9 Å². The van der Waals surface area contributed by atoms with Crippen molar-refractivity contribution in [1.29, 1.82) is 0 Å². The first kappa shape index (κ1) is 15.8. The molecule has 1 amide bonds. The van der Waals surface area contributed by atoms with E-state index in [4.69, 9.17) is 4.42 Å². The number of aliphatic carboxylic acids is 1. The molecule has 1 aromatic heterocycles. The molecule has 1 aliphatic rings. The monoisotopic (exact) mass is 319 g/mol. The molecule has 1 aromatic rings. The van der Waals surface area contributed by atoms with E-state index in [2.05, 4.69) is 0 Å². The molecule has 5 nitrogen and oxygen atoms in total. The normalized spacial score (nSPS) is 22.0. The molecule has 1 saturated heterocycles. The lowest BCUT2D eigenvalue weighted by Crippen LogP contribution is -2.50. The summed E-state index contributed by atoms with van der Waals surface area (Å²) in [6.07, 6.45) is 0.978. The van der Waals surface area contributed by atoms with E-state index in [0.29, 0.717) is 31.1 Å². The number of thioether (sulfide) groups is 1. The van der Waals surface area contributed by atoms with Crippen LogP contribution in [0.25, 0.3) is 0 Å². The third-order valence-electron chi connectivity index (χ3n) is 3.57. The summed E-state index contributed by atoms with van der Waals surface area (Å²) in [6.45, 7) is 1.83. The molecule has 1 N–H and O–H groups in total. The predicted octanol–water partition coefficient (Wildman–Crippen LogP) is 2.81.